The van der Waals surface area contributed by atoms with E-state index in [4.69, 9.17) is 23.2 Å². The zero-order valence-electron chi connectivity index (χ0n) is 14.7. The fourth-order valence-corrected chi connectivity index (χ4v) is 4.27. The van der Waals surface area contributed by atoms with Gasteiger partial charge in [0.15, 0.2) is 11.0 Å². The van der Waals surface area contributed by atoms with Crippen LogP contribution < -0.4 is 10.0 Å². The third-order valence-electron chi connectivity index (χ3n) is 3.78. The summed E-state index contributed by atoms with van der Waals surface area (Å²) in [5, 5.41) is 1.21. The van der Waals surface area contributed by atoms with Crippen molar-refractivity contribution >= 4 is 44.8 Å². The van der Waals surface area contributed by atoms with Crippen molar-refractivity contribution in [3.05, 3.63) is 40.1 Å². The van der Waals surface area contributed by atoms with E-state index in [9.17, 15) is 26.4 Å². The quantitative estimate of drug-likeness (QED) is 0.648. The molecule has 0 aliphatic carbocycles. The molecule has 0 saturated carbocycles. The van der Waals surface area contributed by atoms with E-state index >= 15 is 0 Å². The van der Waals surface area contributed by atoms with Gasteiger partial charge in [-0.05, 0) is 13.0 Å². The maximum Gasteiger partial charge on any atom is 0.273 e. The summed E-state index contributed by atoms with van der Waals surface area (Å²) >= 11 is 11.6. The molecule has 0 radical (unpaired) electrons. The number of aryl methyl sites for hydroxylation is 1. The number of sulfonamides is 1. The topological polar surface area (TPSA) is 93.1 Å². The molecule has 0 unspecified atom stereocenters. The summed E-state index contributed by atoms with van der Waals surface area (Å²) in [4.78, 5) is 15.4. The van der Waals surface area contributed by atoms with Gasteiger partial charge in [-0.3, -0.25) is 4.79 Å². The van der Waals surface area contributed by atoms with Gasteiger partial charge >= 0.3 is 0 Å². The lowest BCUT2D eigenvalue weighted by Gasteiger charge is -2.20. The standard InChI is InChI=1S/C15H15Cl2F3N4O3S/c1-7(15(2,19)20)23-28(26,27)9-6-24(3)12(10(9)16)14(25)22-8-4-5-21-13(17)11(8)18/h4-7,23H,1-3H3,(H,21,22,25)/t7-/m1/s1. The highest BCUT2D eigenvalue weighted by Gasteiger charge is 2.36. The lowest BCUT2D eigenvalue weighted by atomic mass is 10.2. The average molecular weight is 459 g/mol. The highest BCUT2D eigenvalue weighted by Crippen LogP contribution is 2.29. The van der Waals surface area contributed by atoms with E-state index in [2.05, 4.69) is 10.3 Å². The van der Waals surface area contributed by atoms with Gasteiger partial charge in [0.2, 0.25) is 10.0 Å². The minimum Gasteiger partial charge on any atom is -0.344 e. The van der Waals surface area contributed by atoms with Crippen molar-refractivity contribution in [1.82, 2.24) is 14.3 Å². The Labute approximate surface area is 168 Å². The number of pyridine rings is 1. The Morgan fingerprint density at radius 3 is 2.54 bits per heavy atom. The molecule has 7 nitrogen and oxygen atoms in total. The van der Waals surface area contributed by atoms with Gasteiger partial charge in [-0.25, -0.2) is 31.3 Å². The smallest absolute Gasteiger partial charge is 0.273 e. The van der Waals surface area contributed by atoms with Crippen LogP contribution >= 0.6 is 23.2 Å². The minimum absolute atomic E-state index is 0.302. The van der Waals surface area contributed by atoms with Crippen molar-refractivity contribution in [3.63, 3.8) is 0 Å². The number of alkyl halides is 2. The molecule has 0 bridgehead atoms. The predicted molar refractivity (Wildman–Crippen MR) is 98.0 cm³/mol. The van der Waals surface area contributed by atoms with Crippen molar-refractivity contribution in [2.24, 2.45) is 7.05 Å². The van der Waals surface area contributed by atoms with Gasteiger partial charge < -0.3 is 9.88 Å². The van der Waals surface area contributed by atoms with Crippen LogP contribution in [0.25, 0.3) is 0 Å². The van der Waals surface area contributed by atoms with Crippen molar-refractivity contribution in [2.45, 2.75) is 30.7 Å². The summed E-state index contributed by atoms with van der Waals surface area (Å²) < 4.78 is 68.2. The van der Waals surface area contributed by atoms with Crippen LogP contribution in [0.4, 0.5) is 18.9 Å². The fourth-order valence-electron chi connectivity index (χ4n) is 2.11. The first-order valence-corrected chi connectivity index (χ1v) is 9.86. The molecule has 0 aliphatic heterocycles. The molecule has 2 rings (SSSR count). The van der Waals surface area contributed by atoms with Crippen LogP contribution in [0.1, 0.15) is 24.3 Å². The molecule has 2 N–H and O–H groups in total. The summed E-state index contributed by atoms with van der Waals surface area (Å²) in [7, 11) is -3.15. The maximum absolute atomic E-state index is 13.9. The number of rotatable bonds is 6. The normalized spacial score (nSPS) is 13.4. The van der Waals surface area contributed by atoms with Crippen LogP contribution in [-0.4, -0.2) is 35.8 Å². The van der Waals surface area contributed by atoms with Crippen LogP contribution in [0, 0.1) is 5.82 Å². The Morgan fingerprint density at radius 1 is 1.36 bits per heavy atom. The van der Waals surface area contributed by atoms with E-state index in [1.165, 1.54) is 7.05 Å². The van der Waals surface area contributed by atoms with Crippen molar-refractivity contribution < 1.29 is 26.4 Å². The zero-order chi connectivity index (χ0) is 21.4. The van der Waals surface area contributed by atoms with Gasteiger partial charge in [0.25, 0.3) is 11.8 Å². The highest BCUT2D eigenvalue weighted by atomic mass is 35.5. The van der Waals surface area contributed by atoms with Crippen LogP contribution in [0.3, 0.4) is 0 Å². The molecule has 28 heavy (non-hydrogen) atoms. The Kier molecular flexibility index (Phi) is 6.34. The third kappa shape index (κ3) is 4.59. The SMILES string of the molecule is C[C@@H](NS(=O)(=O)c1cn(C)c(C(=O)Nc2ccnc(Cl)c2F)c1Cl)C(C)(F)F. The molecule has 2 aromatic heterocycles. The van der Waals surface area contributed by atoms with Gasteiger partial charge in [0, 0.05) is 26.4 Å². The fraction of sp³-hybridized carbons (Fsp3) is 0.333. The molecule has 0 aliphatic rings. The molecule has 2 aromatic rings. The number of hydrogen-bond donors (Lipinski definition) is 2. The first kappa shape index (κ1) is 22.5. The lowest BCUT2D eigenvalue weighted by Crippen LogP contribution is -2.43. The largest absolute Gasteiger partial charge is 0.344 e. The predicted octanol–water partition coefficient (Wildman–Crippen LogP) is 3.44. The molecular formula is C15H15Cl2F3N4O3S. The van der Waals surface area contributed by atoms with E-state index < -0.39 is 48.8 Å². The number of carbonyl (C=O) groups is 1. The van der Waals surface area contributed by atoms with Crippen LogP contribution in [0.2, 0.25) is 10.2 Å². The summed E-state index contributed by atoms with van der Waals surface area (Å²) in [6, 6.07) is -0.584. The van der Waals surface area contributed by atoms with Crippen molar-refractivity contribution in [2.75, 3.05) is 5.32 Å². The number of amides is 1. The molecule has 0 saturated heterocycles. The van der Waals surface area contributed by atoms with E-state index in [-0.39, 0.29) is 11.4 Å². The van der Waals surface area contributed by atoms with Gasteiger partial charge in [0.1, 0.15) is 10.6 Å². The number of hydrogen-bond acceptors (Lipinski definition) is 4. The molecule has 1 amide bonds. The number of halogens is 5. The van der Waals surface area contributed by atoms with Crippen molar-refractivity contribution in [1.29, 1.82) is 0 Å². The van der Waals surface area contributed by atoms with Crippen LogP contribution in [0.15, 0.2) is 23.4 Å². The summed E-state index contributed by atoms with van der Waals surface area (Å²) in [6.07, 6.45) is 2.13. The Morgan fingerprint density at radius 2 is 1.96 bits per heavy atom. The second-order valence-electron chi connectivity index (χ2n) is 5.98. The second kappa shape index (κ2) is 7.90. The molecule has 0 fully saturated rings. The van der Waals surface area contributed by atoms with Crippen LogP contribution in [-0.2, 0) is 17.1 Å². The van der Waals surface area contributed by atoms with E-state index in [1.807, 2.05) is 0 Å². The second-order valence-corrected chi connectivity index (χ2v) is 8.40. The van der Waals surface area contributed by atoms with E-state index in [0.717, 1.165) is 30.0 Å². The number of anilines is 1. The first-order chi connectivity index (χ1) is 12.8. The molecular weight excluding hydrogens is 444 g/mol. The van der Waals surface area contributed by atoms with E-state index in [0.29, 0.717) is 6.92 Å². The summed E-state index contributed by atoms with van der Waals surface area (Å²) in [5.74, 6) is -5.26. The molecule has 13 heteroatoms. The third-order valence-corrected chi connectivity index (χ3v) is 6.09. The Hall–Kier alpha value is -1.82. The minimum atomic E-state index is -4.46. The maximum atomic E-state index is 13.9. The Balaban J connectivity index is 2.38. The van der Waals surface area contributed by atoms with Crippen molar-refractivity contribution in [3.8, 4) is 0 Å². The highest BCUT2D eigenvalue weighted by molar-refractivity contribution is 7.89. The molecule has 2 heterocycles. The summed E-state index contributed by atoms with van der Waals surface area (Å²) in [5.41, 5.74) is -0.630. The Bertz CT molecular complexity index is 1020. The molecule has 154 valence electrons. The number of nitrogens with one attached hydrogen (secondary N) is 2. The number of carbonyl (C=O) groups excluding carboxylic acids is 1. The van der Waals surface area contributed by atoms with Gasteiger partial charge in [-0.2, -0.15) is 0 Å². The number of aromatic nitrogens is 2. The molecule has 0 aromatic carbocycles. The summed E-state index contributed by atoms with van der Waals surface area (Å²) in [6.45, 7) is 1.54. The average Bonchev–Trinajstić information content (AvgIpc) is 2.86. The van der Waals surface area contributed by atoms with Gasteiger partial charge in [0.05, 0.1) is 16.8 Å². The molecule has 0 spiro atoms. The van der Waals surface area contributed by atoms with E-state index in [1.54, 1.807) is 4.72 Å². The lowest BCUT2D eigenvalue weighted by molar-refractivity contribution is -0.00488. The monoisotopic (exact) mass is 458 g/mol. The first-order valence-electron chi connectivity index (χ1n) is 7.62. The van der Waals surface area contributed by atoms with Gasteiger partial charge in [-0.15, -0.1) is 0 Å². The number of nitrogens with zero attached hydrogens (tertiary/aromatic N) is 2. The zero-order valence-corrected chi connectivity index (χ0v) is 17.1. The van der Waals surface area contributed by atoms with Crippen LogP contribution in [0.5, 0.6) is 0 Å². The molecule has 1 atom stereocenters. The van der Waals surface area contributed by atoms with Gasteiger partial charge in [-0.1, -0.05) is 23.2 Å².